The first-order valence-corrected chi connectivity index (χ1v) is 5.85. The maximum absolute atomic E-state index is 11.5. The normalized spacial score (nSPS) is 11.1. The predicted octanol–water partition coefficient (Wildman–Crippen LogP) is 1.10. The first kappa shape index (κ1) is 12.5. The molecule has 0 aliphatic rings. The maximum atomic E-state index is 11.5. The van der Waals surface area contributed by atoms with Crippen LogP contribution >= 0.6 is 0 Å². The molecule has 0 bridgehead atoms. The molecule has 0 spiro atoms. The third kappa shape index (κ3) is 2.98. The molecule has 1 rings (SSSR count). The summed E-state index contributed by atoms with van der Waals surface area (Å²) in [6.45, 7) is 1.23. The van der Waals surface area contributed by atoms with Crippen LogP contribution in [0.3, 0.4) is 0 Å². The number of carbonyl (C=O) groups is 2. The van der Waals surface area contributed by atoms with Gasteiger partial charge in [0.15, 0.2) is 5.78 Å². The highest BCUT2D eigenvalue weighted by Gasteiger charge is 2.20. The van der Waals surface area contributed by atoms with E-state index in [1.54, 1.807) is 0 Å². The van der Waals surface area contributed by atoms with Crippen LogP contribution in [-0.2, 0) is 14.9 Å². The van der Waals surface area contributed by atoms with Crippen molar-refractivity contribution in [2.24, 2.45) is 0 Å². The molecule has 0 unspecified atom stereocenters. The summed E-state index contributed by atoms with van der Waals surface area (Å²) < 4.78 is 30.8. The van der Waals surface area contributed by atoms with Crippen LogP contribution in [0.4, 0.5) is 0 Å². The van der Waals surface area contributed by atoms with Gasteiger partial charge in [0.1, 0.15) is 10.7 Å². The van der Waals surface area contributed by atoms with Crippen LogP contribution in [0, 0.1) is 0 Å². The zero-order valence-electron chi connectivity index (χ0n) is 8.50. The minimum Gasteiger partial charge on any atom is -0.300 e. The van der Waals surface area contributed by atoms with Crippen molar-refractivity contribution in [3.8, 4) is 0 Å². The second kappa shape index (κ2) is 4.54. The Balaban J connectivity index is 3.24. The Hall–Kier alpha value is -1.53. The summed E-state index contributed by atoms with van der Waals surface area (Å²) in [7, 11) is -4.45. The zero-order chi connectivity index (χ0) is 12.3. The largest absolute Gasteiger partial charge is 0.300 e. The predicted molar refractivity (Wildman–Crippen MR) is 55.9 cm³/mol. The average Bonchev–Trinajstić information content (AvgIpc) is 2.15. The Morgan fingerprint density at radius 1 is 1.25 bits per heavy atom. The Morgan fingerprint density at radius 3 is 2.31 bits per heavy atom. The second-order valence-corrected chi connectivity index (χ2v) is 4.66. The van der Waals surface area contributed by atoms with Gasteiger partial charge in [0.05, 0.1) is 6.42 Å². The van der Waals surface area contributed by atoms with Crippen molar-refractivity contribution < 1.29 is 22.6 Å². The quantitative estimate of drug-likeness (QED) is 0.485. The van der Waals surface area contributed by atoms with Crippen LogP contribution in [0.5, 0.6) is 0 Å². The molecule has 0 saturated heterocycles. The Labute approximate surface area is 92.8 Å². The summed E-state index contributed by atoms with van der Waals surface area (Å²) in [5.41, 5.74) is -0.166. The van der Waals surface area contributed by atoms with Gasteiger partial charge in [-0.1, -0.05) is 12.1 Å². The van der Waals surface area contributed by atoms with Crippen LogP contribution in [0.2, 0.25) is 0 Å². The van der Waals surface area contributed by atoms with E-state index in [2.05, 4.69) is 0 Å². The van der Waals surface area contributed by atoms with Gasteiger partial charge in [-0.3, -0.25) is 14.1 Å². The molecule has 1 N–H and O–H groups in total. The fourth-order valence-electron chi connectivity index (χ4n) is 1.24. The third-order valence-electron chi connectivity index (χ3n) is 1.87. The smallest absolute Gasteiger partial charge is 0.295 e. The number of rotatable bonds is 4. The van der Waals surface area contributed by atoms with E-state index in [0.29, 0.717) is 0 Å². The number of hydrogen-bond acceptors (Lipinski definition) is 4. The molecule has 0 saturated carbocycles. The van der Waals surface area contributed by atoms with Gasteiger partial charge in [-0.25, -0.2) is 0 Å². The van der Waals surface area contributed by atoms with Gasteiger partial charge in [0.2, 0.25) is 0 Å². The van der Waals surface area contributed by atoms with Crippen molar-refractivity contribution in [3.63, 3.8) is 0 Å². The molecule has 1 aromatic carbocycles. The van der Waals surface area contributed by atoms with E-state index < -0.39 is 20.8 Å². The molecule has 0 amide bonds. The molecular formula is C10H10O5S. The van der Waals surface area contributed by atoms with Crippen LogP contribution in [0.15, 0.2) is 29.2 Å². The molecule has 0 heterocycles. The molecule has 1 aromatic rings. The van der Waals surface area contributed by atoms with Gasteiger partial charge in [-0.05, 0) is 19.1 Å². The monoisotopic (exact) mass is 242 g/mol. The molecule has 0 atom stereocenters. The summed E-state index contributed by atoms with van der Waals surface area (Å²) in [6, 6.07) is 5.22. The topological polar surface area (TPSA) is 88.5 Å². The Morgan fingerprint density at radius 2 is 1.81 bits per heavy atom. The number of carbonyl (C=O) groups excluding carboxylic acids is 2. The van der Waals surface area contributed by atoms with E-state index in [1.165, 1.54) is 25.1 Å². The Bertz CT molecular complexity index is 530. The van der Waals surface area contributed by atoms with Crippen molar-refractivity contribution >= 4 is 21.7 Å². The summed E-state index contributed by atoms with van der Waals surface area (Å²) in [6.07, 6.45) is -0.382. The van der Waals surface area contributed by atoms with E-state index in [0.717, 1.165) is 6.07 Å². The van der Waals surface area contributed by atoms with E-state index in [4.69, 9.17) is 4.55 Å². The first-order chi connectivity index (χ1) is 7.32. The van der Waals surface area contributed by atoms with Crippen LogP contribution in [-0.4, -0.2) is 24.5 Å². The highest BCUT2D eigenvalue weighted by molar-refractivity contribution is 7.86. The fraction of sp³-hybridized carbons (Fsp3) is 0.200. The van der Waals surface area contributed by atoms with Crippen molar-refractivity contribution in [2.45, 2.75) is 18.2 Å². The van der Waals surface area contributed by atoms with Gasteiger partial charge in [0, 0.05) is 5.56 Å². The highest BCUT2D eigenvalue weighted by atomic mass is 32.2. The Kier molecular flexibility index (Phi) is 3.56. The standard InChI is InChI=1S/C10H10O5S/c1-7(11)6-9(12)8-4-2-3-5-10(8)16(13,14)15/h2-5H,6H2,1H3,(H,13,14,15). The number of hydrogen-bond donors (Lipinski definition) is 1. The first-order valence-electron chi connectivity index (χ1n) is 4.41. The van der Waals surface area contributed by atoms with Crippen molar-refractivity contribution in [3.05, 3.63) is 29.8 Å². The van der Waals surface area contributed by atoms with Crippen molar-refractivity contribution in [1.29, 1.82) is 0 Å². The van der Waals surface area contributed by atoms with Gasteiger partial charge < -0.3 is 0 Å². The molecule has 86 valence electrons. The van der Waals surface area contributed by atoms with E-state index >= 15 is 0 Å². The number of Topliss-reactive ketones (excluding diaryl/α,β-unsaturated/α-hetero) is 2. The van der Waals surface area contributed by atoms with E-state index in [-0.39, 0.29) is 17.8 Å². The number of benzene rings is 1. The molecule has 0 fully saturated rings. The second-order valence-electron chi connectivity index (χ2n) is 3.27. The molecule has 0 radical (unpaired) electrons. The van der Waals surface area contributed by atoms with Crippen LogP contribution < -0.4 is 0 Å². The molecular weight excluding hydrogens is 232 g/mol. The van der Waals surface area contributed by atoms with Gasteiger partial charge >= 0.3 is 0 Å². The third-order valence-corrected chi connectivity index (χ3v) is 2.79. The highest BCUT2D eigenvalue weighted by Crippen LogP contribution is 2.16. The van der Waals surface area contributed by atoms with Crippen LogP contribution in [0.25, 0.3) is 0 Å². The summed E-state index contributed by atoms with van der Waals surface area (Å²) >= 11 is 0. The SMILES string of the molecule is CC(=O)CC(=O)c1ccccc1S(=O)(=O)O. The van der Waals surface area contributed by atoms with Gasteiger partial charge in [-0.15, -0.1) is 0 Å². The molecule has 6 heteroatoms. The molecule has 5 nitrogen and oxygen atoms in total. The van der Waals surface area contributed by atoms with Gasteiger partial charge in [-0.2, -0.15) is 8.42 Å². The van der Waals surface area contributed by atoms with Gasteiger partial charge in [0.25, 0.3) is 10.1 Å². The lowest BCUT2D eigenvalue weighted by Gasteiger charge is -2.04. The minimum absolute atomic E-state index is 0.166. The summed E-state index contributed by atoms with van der Waals surface area (Å²) in [5.74, 6) is -0.990. The summed E-state index contributed by atoms with van der Waals surface area (Å²) in [4.78, 5) is 21.8. The molecule has 0 aliphatic heterocycles. The molecule has 16 heavy (non-hydrogen) atoms. The zero-order valence-corrected chi connectivity index (χ0v) is 9.32. The lowest BCUT2D eigenvalue weighted by Crippen LogP contribution is -2.11. The average molecular weight is 242 g/mol. The van der Waals surface area contributed by atoms with E-state index in [1.807, 2.05) is 0 Å². The summed E-state index contributed by atoms with van der Waals surface area (Å²) in [5, 5.41) is 0. The van der Waals surface area contributed by atoms with Crippen molar-refractivity contribution in [2.75, 3.05) is 0 Å². The molecule has 0 aromatic heterocycles. The van der Waals surface area contributed by atoms with E-state index in [9.17, 15) is 18.0 Å². The van der Waals surface area contributed by atoms with Crippen molar-refractivity contribution in [1.82, 2.24) is 0 Å². The minimum atomic E-state index is -4.45. The maximum Gasteiger partial charge on any atom is 0.295 e. The fourth-order valence-corrected chi connectivity index (χ4v) is 1.95. The molecule has 0 aliphatic carbocycles. The number of ketones is 2. The lowest BCUT2D eigenvalue weighted by molar-refractivity contribution is -0.116. The van der Waals surface area contributed by atoms with Crippen LogP contribution in [0.1, 0.15) is 23.7 Å². The lowest BCUT2D eigenvalue weighted by atomic mass is 10.1.